The first kappa shape index (κ1) is 19.4. The number of furan rings is 1. The smallest absolute Gasteiger partial charge is 0.261 e. The van der Waals surface area contributed by atoms with E-state index < -0.39 is 15.7 Å². The van der Waals surface area contributed by atoms with Gasteiger partial charge in [0.25, 0.3) is 5.91 Å². The Morgan fingerprint density at radius 3 is 2.59 bits per heavy atom. The summed E-state index contributed by atoms with van der Waals surface area (Å²) in [6.45, 7) is 2.10. The van der Waals surface area contributed by atoms with Crippen LogP contribution in [0.5, 0.6) is 0 Å². The Morgan fingerprint density at radius 2 is 1.90 bits per heavy atom. The van der Waals surface area contributed by atoms with Gasteiger partial charge in [-0.15, -0.1) is 0 Å². The third kappa shape index (κ3) is 3.81. The van der Waals surface area contributed by atoms with E-state index in [1.165, 1.54) is 34.6 Å². The quantitative estimate of drug-likeness (QED) is 0.471. The van der Waals surface area contributed by atoms with Crippen LogP contribution in [-0.2, 0) is 16.4 Å². The van der Waals surface area contributed by atoms with E-state index in [-0.39, 0.29) is 17.0 Å². The van der Waals surface area contributed by atoms with E-state index in [1.54, 1.807) is 24.3 Å². The maximum Gasteiger partial charge on any atom is 0.261 e. The molecule has 0 atom stereocenters. The molecule has 148 valence electrons. The molecule has 0 N–H and O–H groups in total. The zero-order chi connectivity index (χ0) is 20.6. The Hall–Kier alpha value is -2.97. The summed E-state index contributed by atoms with van der Waals surface area (Å²) in [7, 11) is -3.58. The van der Waals surface area contributed by atoms with E-state index in [4.69, 9.17) is 4.42 Å². The highest BCUT2D eigenvalue weighted by Gasteiger charge is 2.27. The van der Waals surface area contributed by atoms with E-state index in [2.05, 4.69) is 4.98 Å². The Bertz CT molecular complexity index is 1290. The number of thiazole rings is 1. The van der Waals surface area contributed by atoms with Crippen LogP contribution in [0.1, 0.15) is 21.7 Å². The first-order chi connectivity index (χ1) is 13.8. The zero-order valence-corrected chi connectivity index (χ0v) is 17.5. The van der Waals surface area contributed by atoms with Crippen molar-refractivity contribution in [2.24, 2.45) is 0 Å². The summed E-state index contributed by atoms with van der Waals surface area (Å²) in [6, 6.07) is 15.6. The van der Waals surface area contributed by atoms with Crippen molar-refractivity contribution < 1.29 is 17.6 Å². The Labute approximate surface area is 172 Å². The number of hydrogen-bond donors (Lipinski definition) is 0. The number of benzene rings is 2. The number of sulfone groups is 1. The van der Waals surface area contributed by atoms with Gasteiger partial charge in [0.15, 0.2) is 15.0 Å². The normalized spacial score (nSPS) is 11.7. The number of anilines is 1. The molecule has 6 nitrogen and oxygen atoms in total. The van der Waals surface area contributed by atoms with Gasteiger partial charge < -0.3 is 4.42 Å². The molecule has 29 heavy (non-hydrogen) atoms. The van der Waals surface area contributed by atoms with Crippen molar-refractivity contribution in [1.82, 2.24) is 4.98 Å². The summed E-state index contributed by atoms with van der Waals surface area (Å²) in [6.07, 6.45) is 2.63. The van der Waals surface area contributed by atoms with E-state index in [1.807, 2.05) is 25.1 Å². The lowest BCUT2D eigenvalue weighted by Crippen LogP contribution is -2.31. The maximum atomic E-state index is 13.5. The zero-order valence-electron chi connectivity index (χ0n) is 15.8. The monoisotopic (exact) mass is 426 g/mol. The Morgan fingerprint density at radius 1 is 1.10 bits per heavy atom. The Balaban J connectivity index is 1.85. The molecule has 2 aromatic carbocycles. The fraction of sp³-hybridized carbons (Fsp3) is 0.143. The van der Waals surface area contributed by atoms with Crippen molar-refractivity contribution in [3.63, 3.8) is 0 Å². The molecule has 4 aromatic rings. The third-order valence-corrected chi connectivity index (χ3v) is 6.70. The van der Waals surface area contributed by atoms with Gasteiger partial charge in [-0.2, -0.15) is 0 Å². The lowest BCUT2D eigenvalue weighted by molar-refractivity contribution is 0.0980. The van der Waals surface area contributed by atoms with Gasteiger partial charge in [-0.3, -0.25) is 9.69 Å². The van der Waals surface area contributed by atoms with Crippen molar-refractivity contribution in [3.05, 3.63) is 77.7 Å². The molecule has 1 amide bonds. The number of fused-ring (bicyclic) bond motifs is 1. The summed E-state index contributed by atoms with van der Waals surface area (Å²) in [5.41, 5.74) is 1.94. The second kappa shape index (κ2) is 7.46. The summed E-state index contributed by atoms with van der Waals surface area (Å²) >= 11 is 1.38. The summed E-state index contributed by atoms with van der Waals surface area (Å²) in [5, 5.41) is 0.485. The fourth-order valence-electron chi connectivity index (χ4n) is 3.09. The van der Waals surface area contributed by atoms with Gasteiger partial charge in [0, 0.05) is 6.26 Å². The summed E-state index contributed by atoms with van der Waals surface area (Å²) in [5.74, 6) is 0.130. The molecule has 0 aliphatic carbocycles. The number of rotatable bonds is 5. The van der Waals surface area contributed by atoms with Gasteiger partial charge in [-0.25, -0.2) is 13.4 Å². The van der Waals surface area contributed by atoms with Crippen LogP contribution < -0.4 is 4.90 Å². The molecule has 8 heteroatoms. The van der Waals surface area contributed by atoms with Crippen molar-refractivity contribution in [2.75, 3.05) is 11.2 Å². The lowest BCUT2D eigenvalue weighted by atomic mass is 10.2. The summed E-state index contributed by atoms with van der Waals surface area (Å²) < 4.78 is 30.8. The van der Waals surface area contributed by atoms with Crippen LogP contribution in [0.4, 0.5) is 5.13 Å². The van der Waals surface area contributed by atoms with E-state index >= 15 is 0 Å². The number of carbonyl (C=O) groups is 1. The molecule has 2 aromatic heterocycles. The second-order valence-corrected chi connectivity index (χ2v) is 9.65. The van der Waals surface area contributed by atoms with Crippen LogP contribution in [0.3, 0.4) is 0 Å². The standard InChI is InChI=1S/C21H18N2O4S2/c1-14-7-5-10-17-19(14)22-21(28-17)23(13-15-8-6-12-27-15)20(24)16-9-3-4-11-18(16)29(2,25)26/h3-12H,13H2,1-2H3. The number of para-hydroxylation sites is 1. The molecule has 4 rings (SSSR count). The van der Waals surface area contributed by atoms with E-state index in [0.29, 0.717) is 10.9 Å². The first-order valence-electron chi connectivity index (χ1n) is 8.84. The molecule has 0 saturated heterocycles. The number of amides is 1. The van der Waals surface area contributed by atoms with Crippen molar-refractivity contribution in [1.29, 1.82) is 0 Å². The lowest BCUT2D eigenvalue weighted by Gasteiger charge is -2.20. The maximum absolute atomic E-state index is 13.5. The van der Waals surface area contributed by atoms with Crippen molar-refractivity contribution >= 4 is 42.4 Å². The largest absolute Gasteiger partial charge is 0.467 e. The highest BCUT2D eigenvalue weighted by molar-refractivity contribution is 7.90. The number of carbonyl (C=O) groups excluding carboxylic acids is 1. The molecule has 2 heterocycles. The molecule has 0 unspecified atom stereocenters. The van der Waals surface area contributed by atoms with E-state index in [9.17, 15) is 13.2 Å². The van der Waals surface area contributed by atoms with Crippen molar-refractivity contribution in [3.8, 4) is 0 Å². The van der Waals surface area contributed by atoms with Gasteiger partial charge in [0.2, 0.25) is 0 Å². The first-order valence-corrected chi connectivity index (χ1v) is 11.5. The number of hydrogen-bond acceptors (Lipinski definition) is 6. The predicted octanol–water partition coefficient (Wildman–Crippen LogP) is 4.45. The topological polar surface area (TPSA) is 80.5 Å². The van der Waals surface area contributed by atoms with E-state index in [0.717, 1.165) is 22.0 Å². The van der Waals surface area contributed by atoms with Gasteiger partial charge in [0.1, 0.15) is 5.76 Å². The van der Waals surface area contributed by atoms with Crippen LogP contribution in [-0.4, -0.2) is 25.6 Å². The van der Waals surface area contributed by atoms with Gasteiger partial charge in [-0.05, 0) is 42.8 Å². The molecule has 0 radical (unpaired) electrons. The molecule has 0 saturated carbocycles. The van der Waals surface area contributed by atoms with Crippen LogP contribution in [0.25, 0.3) is 10.2 Å². The number of aryl methyl sites for hydroxylation is 1. The van der Waals surface area contributed by atoms with Crippen LogP contribution in [0, 0.1) is 6.92 Å². The minimum Gasteiger partial charge on any atom is -0.467 e. The molecule has 0 fully saturated rings. The molecular weight excluding hydrogens is 408 g/mol. The minimum absolute atomic E-state index is 0.00765. The third-order valence-electron chi connectivity index (χ3n) is 4.50. The van der Waals surface area contributed by atoms with Crippen LogP contribution >= 0.6 is 11.3 Å². The summed E-state index contributed by atoms with van der Waals surface area (Å²) in [4.78, 5) is 19.6. The molecule has 0 spiro atoms. The van der Waals surface area contributed by atoms with Crippen LogP contribution in [0.2, 0.25) is 0 Å². The second-order valence-electron chi connectivity index (χ2n) is 6.66. The fourth-order valence-corrected chi connectivity index (χ4v) is 5.01. The number of aromatic nitrogens is 1. The highest BCUT2D eigenvalue weighted by atomic mass is 32.2. The van der Waals surface area contributed by atoms with Gasteiger partial charge in [0.05, 0.1) is 33.5 Å². The molecule has 0 aliphatic rings. The predicted molar refractivity (Wildman–Crippen MR) is 113 cm³/mol. The number of nitrogens with zero attached hydrogens (tertiary/aromatic N) is 2. The highest BCUT2D eigenvalue weighted by Crippen LogP contribution is 2.33. The molecule has 0 bridgehead atoms. The van der Waals surface area contributed by atoms with Gasteiger partial charge >= 0.3 is 0 Å². The molecule has 0 aliphatic heterocycles. The van der Waals surface area contributed by atoms with Gasteiger partial charge in [-0.1, -0.05) is 35.6 Å². The average Bonchev–Trinajstić information content (AvgIpc) is 3.35. The SMILES string of the molecule is Cc1cccc2sc(N(Cc3ccco3)C(=O)c3ccccc3S(C)(=O)=O)nc12. The molecular formula is C21H18N2O4S2. The van der Waals surface area contributed by atoms with Crippen molar-refractivity contribution in [2.45, 2.75) is 18.4 Å². The Kier molecular flexibility index (Phi) is 4.97. The van der Waals surface area contributed by atoms with Crippen LogP contribution in [0.15, 0.2) is 70.2 Å². The minimum atomic E-state index is -3.58. The average molecular weight is 427 g/mol.